The summed E-state index contributed by atoms with van der Waals surface area (Å²) in [7, 11) is 1.99. The third-order valence-corrected chi connectivity index (χ3v) is 2.95. The van der Waals surface area contributed by atoms with Gasteiger partial charge >= 0.3 is 0 Å². The van der Waals surface area contributed by atoms with E-state index in [1.165, 1.54) is 0 Å². The average molecular weight is 246 g/mol. The fraction of sp³-hybridized carbons (Fsp3) is 0.643. The molecule has 2 aromatic heterocycles. The van der Waals surface area contributed by atoms with Crippen LogP contribution in [-0.2, 0) is 17.9 Å². The molecule has 2 heterocycles. The zero-order valence-electron chi connectivity index (χ0n) is 12.4. The quantitative estimate of drug-likeness (QED) is 0.717. The molecule has 98 valence electrons. The highest BCUT2D eigenvalue weighted by Crippen LogP contribution is 2.29. The van der Waals surface area contributed by atoms with Crippen molar-refractivity contribution in [1.29, 1.82) is 0 Å². The molecule has 2 aromatic rings. The molecule has 0 N–H and O–H groups in total. The Hall–Kier alpha value is -1.45. The number of fused-ring (bicyclic) bond motifs is 1. The molecule has 4 nitrogen and oxygen atoms in total. The normalized spacial score (nSPS) is 13.3. The summed E-state index contributed by atoms with van der Waals surface area (Å²) in [6, 6.07) is 0. The van der Waals surface area contributed by atoms with Crippen molar-refractivity contribution in [2.75, 3.05) is 0 Å². The Morgan fingerprint density at radius 3 is 2.06 bits per heavy atom. The van der Waals surface area contributed by atoms with E-state index in [2.05, 4.69) is 51.5 Å². The third-order valence-electron chi connectivity index (χ3n) is 2.95. The number of rotatable bonds is 0. The predicted molar refractivity (Wildman–Crippen MR) is 73.7 cm³/mol. The van der Waals surface area contributed by atoms with Crippen molar-refractivity contribution in [3.8, 4) is 0 Å². The lowest BCUT2D eigenvalue weighted by molar-refractivity contribution is 0.518. The van der Waals surface area contributed by atoms with Gasteiger partial charge in [0.2, 0.25) is 0 Å². The molecule has 0 aliphatic rings. The molecule has 0 fully saturated rings. The van der Waals surface area contributed by atoms with Gasteiger partial charge in [-0.2, -0.15) is 0 Å². The largest absolute Gasteiger partial charge is 0.331 e. The summed E-state index contributed by atoms with van der Waals surface area (Å²) in [6.07, 6.45) is 1.81. The molecule has 0 saturated heterocycles. The standard InChI is InChI=1S/C14H22N4/c1-13(2,3)10-9-11(15-8-18(9)7)17-12(16-10)14(4,5)6/h8H,1-7H3. The van der Waals surface area contributed by atoms with Gasteiger partial charge < -0.3 is 4.57 Å². The number of aryl methyl sites for hydroxylation is 1. The van der Waals surface area contributed by atoms with Crippen LogP contribution < -0.4 is 0 Å². The van der Waals surface area contributed by atoms with Crippen LogP contribution in [0.1, 0.15) is 53.1 Å². The predicted octanol–water partition coefficient (Wildman–Crippen LogP) is 2.96. The molecule has 0 atom stereocenters. The van der Waals surface area contributed by atoms with Gasteiger partial charge in [0, 0.05) is 17.9 Å². The van der Waals surface area contributed by atoms with E-state index in [1.807, 2.05) is 11.6 Å². The molecule has 0 amide bonds. The van der Waals surface area contributed by atoms with Crippen molar-refractivity contribution < 1.29 is 0 Å². The van der Waals surface area contributed by atoms with Crippen molar-refractivity contribution in [1.82, 2.24) is 19.5 Å². The fourth-order valence-corrected chi connectivity index (χ4v) is 1.92. The zero-order chi connectivity index (χ0) is 13.7. The van der Waals surface area contributed by atoms with Crippen molar-refractivity contribution in [2.24, 2.45) is 7.05 Å². The third kappa shape index (κ3) is 2.11. The highest BCUT2D eigenvalue weighted by Gasteiger charge is 2.26. The second-order valence-electron chi connectivity index (χ2n) is 6.92. The molecular weight excluding hydrogens is 224 g/mol. The number of hydrogen-bond acceptors (Lipinski definition) is 3. The fourth-order valence-electron chi connectivity index (χ4n) is 1.92. The van der Waals surface area contributed by atoms with Crippen LogP contribution in [0.4, 0.5) is 0 Å². The first-order valence-electron chi connectivity index (χ1n) is 6.31. The van der Waals surface area contributed by atoms with Crippen molar-refractivity contribution in [3.05, 3.63) is 17.8 Å². The minimum atomic E-state index is -0.0638. The van der Waals surface area contributed by atoms with E-state index in [9.17, 15) is 0 Å². The zero-order valence-corrected chi connectivity index (χ0v) is 12.4. The molecule has 0 radical (unpaired) electrons. The Labute approximate surface area is 108 Å². The van der Waals surface area contributed by atoms with Gasteiger partial charge in [0.15, 0.2) is 5.65 Å². The highest BCUT2D eigenvalue weighted by molar-refractivity contribution is 5.74. The maximum absolute atomic E-state index is 4.80. The van der Waals surface area contributed by atoms with Crippen LogP contribution in [0.15, 0.2) is 6.33 Å². The molecule has 0 unspecified atom stereocenters. The SMILES string of the molecule is Cn1cnc2nc(C(C)(C)C)nc(C(C)(C)C)c21. The molecule has 4 heteroatoms. The van der Waals surface area contributed by atoms with Crippen molar-refractivity contribution in [2.45, 2.75) is 52.4 Å². The van der Waals surface area contributed by atoms with Crippen LogP contribution in [-0.4, -0.2) is 19.5 Å². The summed E-state index contributed by atoms with van der Waals surface area (Å²) < 4.78 is 2.00. The van der Waals surface area contributed by atoms with Crippen LogP contribution in [0.3, 0.4) is 0 Å². The first kappa shape index (κ1) is 13.0. The van der Waals surface area contributed by atoms with Gasteiger partial charge in [-0.3, -0.25) is 0 Å². The van der Waals surface area contributed by atoms with E-state index >= 15 is 0 Å². The monoisotopic (exact) mass is 246 g/mol. The van der Waals surface area contributed by atoms with E-state index in [-0.39, 0.29) is 10.8 Å². The summed E-state index contributed by atoms with van der Waals surface area (Å²) in [5.41, 5.74) is 2.82. The van der Waals surface area contributed by atoms with Gasteiger partial charge in [-0.25, -0.2) is 15.0 Å². The van der Waals surface area contributed by atoms with Gasteiger partial charge in [-0.05, 0) is 0 Å². The van der Waals surface area contributed by atoms with Crippen LogP contribution in [0.5, 0.6) is 0 Å². The van der Waals surface area contributed by atoms with Gasteiger partial charge in [-0.15, -0.1) is 0 Å². The lowest BCUT2D eigenvalue weighted by Gasteiger charge is -2.23. The molecule has 0 aliphatic carbocycles. The van der Waals surface area contributed by atoms with Gasteiger partial charge in [0.1, 0.15) is 11.3 Å². The number of nitrogens with zero attached hydrogens (tertiary/aromatic N) is 4. The Morgan fingerprint density at radius 2 is 1.56 bits per heavy atom. The topological polar surface area (TPSA) is 43.6 Å². The molecule has 0 bridgehead atoms. The van der Waals surface area contributed by atoms with Crippen molar-refractivity contribution in [3.63, 3.8) is 0 Å². The molecule has 0 spiro atoms. The minimum Gasteiger partial charge on any atom is -0.331 e. The van der Waals surface area contributed by atoms with E-state index in [0.29, 0.717) is 0 Å². The van der Waals surface area contributed by atoms with E-state index < -0.39 is 0 Å². The van der Waals surface area contributed by atoms with Crippen LogP contribution >= 0.6 is 0 Å². The van der Waals surface area contributed by atoms with Gasteiger partial charge in [0.25, 0.3) is 0 Å². The molecular formula is C14H22N4. The Morgan fingerprint density at radius 1 is 0.944 bits per heavy atom. The molecule has 0 aliphatic heterocycles. The summed E-state index contributed by atoms with van der Waals surface area (Å²) >= 11 is 0. The Balaban J connectivity index is 2.83. The summed E-state index contributed by atoms with van der Waals surface area (Å²) in [4.78, 5) is 13.8. The van der Waals surface area contributed by atoms with Crippen LogP contribution in [0.25, 0.3) is 11.2 Å². The summed E-state index contributed by atoms with van der Waals surface area (Å²) in [6.45, 7) is 12.9. The lowest BCUT2D eigenvalue weighted by Crippen LogP contribution is -2.22. The van der Waals surface area contributed by atoms with E-state index in [1.54, 1.807) is 6.33 Å². The van der Waals surface area contributed by atoms with Crippen LogP contribution in [0.2, 0.25) is 0 Å². The highest BCUT2D eigenvalue weighted by atomic mass is 15.1. The second-order valence-corrected chi connectivity index (χ2v) is 6.92. The maximum atomic E-state index is 4.80. The maximum Gasteiger partial charge on any atom is 0.181 e. The van der Waals surface area contributed by atoms with Crippen molar-refractivity contribution >= 4 is 11.2 Å². The lowest BCUT2D eigenvalue weighted by atomic mass is 9.89. The van der Waals surface area contributed by atoms with E-state index in [0.717, 1.165) is 22.7 Å². The first-order valence-corrected chi connectivity index (χ1v) is 6.31. The number of hydrogen-bond donors (Lipinski definition) is 0. The summed E-state index contributed by atoms with van der Waals surface area (Å²) in [5.74, 6) is 0.860. The molecule has 0 saturated carbocycles. The molecule has 2 rings (SSSR count). The molecule has 18 heavy (non-hydrogen) atoms. The molecule has 0 aromatic carbocycles. The summed E-state index contributed by atoms with van der Waals surface area (Å²) in [5, 5.41) is 0. The Kier molecular flexibility index (Phi) is 2.72. The first-order chi connectivity index (χ1) is 8.10. The van der Waals surface area contributed by atoms with Gasteiger partial charge in [-0.1, -0.05) is 41.5 Å². The second kappa shape index (κ2) is 3.77. The number of aromatic nitrogens is 4. The minimum absolute atomic E-state index is 0.0189. The number of imidazole rings is 1. The van der Waals surface area contributed by atoms with Crippen LogP contribution in [0, 0.1) is 0 Å². The Bertz CT molecular complexity index is 582. The van der Waals surface area contributed by atoms with E-state index in [4.69, 9.17) is 4.98 Å². The average Bonchev–Trinajstić information content (AvgIpc) is 2.56. The van der Waals surface area contributed by atoms with Gasteiger partial charge in [0.05, 0.1) is 12.0 Å². The smallest absolute Gasteiger partial charge is 0.181 e.